The summed E-state index contributed by atoms with van der Waals surface area (Å²) in [7, 11) is 0. The van der Waals surface area contributed by atoms with Gasteiger partial charge in [-0.3, -0.25) is 24.7 Å². The number of carbonyl (C=O) groups excluding carboxylic acids is 2. The Hall–Kier alpha value is -3.20. The molecule has 144 valence electrons. The lowest BCUT2D eigenvalue weighted by molar-refractivity contribution is -0.384. The van der Waals surface area contributed by atoms with Crippen LogP contribution in [-0.4, -0.2) is 33.7 Å². The van der Waals surface area contributed by atoms with E-state index in [1.165, 1.54) is 30.0 Å². The topological polar surface area (TPSA) is 114 Å². The number of amides is 2. The molecule has 3 rings (SSSR count). The zero-order valence-electron chi connectivity index (χ0n) is 14.8. The van der Waals surface area contributed by atoms with E-state index < -0.39 is 16.1 Å². The average molecular weight is 398 g/mol. The van der Waals surface area contributed by atoms with Crippen molar-refractivity contribution in [3.05, 3.63) is 70.3 Å². The molecule has 8 nitrogen and oxygen atoms in total. The lowest BCUT2D eigenvalue weighted by atomic mass is 10.2. The van der Waals surface area contributed by atoms with Crippen molar-refractivity contribution in [2.75, 3.05) is 11.9 Å². The Morgan fingerprint density at radius 1 is 1.21 bits per heavy atom. The zero-order chi connectivity index (χ0) is 19.9. The Kier molecular flexibility index (Phi) is 6.38. The van der Waals surface area contributed by atoms with Crippen molar-refractivity contribution < 1.29 is 14.5 Å². The number of benzene rings is 2. The summed E-state index contributed by atoms with van der Waals surface area (Å²) in [6, 6.07) is 15.6. The van der Waals surface area contributed by atoms with Crippen LogP contribution >= 0.6 is 11.8 Å². The molecular formula is C19H18N4O4S. The molecule has 1 aliphatic heterocycles. The Morgan fingerprint density at radius 3 is 2.75 bits per heavy atom. The molecule has 0 radical (unpaired) electrons. The van der Waals surface area contributed by atoms with Gasteiger partial charge in [-0.15, -0.1) is 0 Å². The molecule has 1 heterocycles. The molecule has 2 aromatic carbocycles. The average Bonchev–Trinajstić information content (AvgIpc) is 3.02. The van der Waals surface area contributed by atoms with Gasteiger partial charge >= 0.3 is 0 Å². The quantitative estimate of drug-likeness (QED) is 0.550. The van der Waals surface area contributed by atoms with Gasteiger partial charge in [0.2, 0.25) is 11.8 Å². The highest BCUT2D eigenvalue weighted by Gasteiger charge is 2.32. The standard InChI is InChI=1S/C19H18N4O4S/c24-17(21-14-7-4-8-15(11-14)23(26)27)12-16-18(25)22-19(28-16)20-10-9-13-5-2-1-3-6-13/h1-8,11,16H,9-10,12H2,(H,21,24)(H,20,22,25)/t16-/m0/s1. The molecular weight excluding hydrogens is 380 g/mol. The molecule has 0 unspecified atom stereocenters. The summed E-state index contributed by atoms with van der Waals surface area (Å²) in [5.74, 6) is -0.656. The van der Waals surface area contributed by atoms with Gasteiger partial charge in [-0.1, -0.05) is 48.2 Å². The molecule has 0 aliphatic carbocycles. The van der Waals surface area contributed by atoms with Gasteiger partial charge in [0.1, 0.15) is 5.25 Å². The fraction of sp³-hybridized carbons (Fsp3) is 0.211. The third-order valence-electron chi connectivity index (χ3n) is 3.99. The summed E-state index contributed by atoms with van der Waals surface area (Å²) in [6.07, 6.45) is 0.718. The van der Waals surface area contributed by atoms with Crippen LogP contribution in [0.25, 0.3) is 0 Å². The lowest BCUT2D eigenvalue weighted by Gasteiger charge is -2.07. The van der Waals surface area contributed by atoms with Crippen molar-refractivity contribution in [2.45, 2.75) is 18.1 Å². The summed E-state index contributed by atoms with van der Waals surface area (Å²) in [5.41, 5.74) is 1.37. The maximum absolute atomic E-state index is 12.2. The maximum Gasteiger partial charge on any atom is 0.271 e. The van der Waals surface area contributed by atoms with Crippen molar-refractivity contribution in [3.8, 4) is 0 Å². The first-order chi connectivity index (χ1) is 13.5. The van der Waals surface area contributed by atoms with Crippen molar-refractivity contribution in [2.24, 2.45) is 4.99 Å². The molecule has 2 aromatic rings. The number of nitrogens with zero attached hydrogens (tertiary/aromatic N) is 2. The van der Waals surface area contributed by atoms with Crippen LogP contribution in [0.2, 0.25) is 0 Å². The third kappa shape index (κ3) is 5.40. The zero-order valence-corrected chi connectivity index (χ0v) is 15.6. The molecule has 2 N–H and O–H groups in total. The van der Waals surface area contributed by atoms with Crippen LogP contribution in [0, 0.1) is 10.1 Å². The summed E-state index contributed by atoms with van der Waals surface area (Å²) in [6.45, 7) is 0.541. The van der Waals surface area contributed by atoms with Crippen LogP contribution in [-0.2, 0) is 16.0 Å². The van der Waals surface area contributed by atoms with Gasteiger partial charge in [-0.05, 0) is 18.1 Å². The van der Waals surface area contributed by atoms with Gasteiger partial charge in [0.25, 0.3) is 5.69 Å². The van der Waals surface area contributed by atoms with Gasteiger partial charge in [-0.25, -0.2) is 0 Å². The molecule has 1 fully saturated rings. The number of hydrogen-bond donors (Lipinski definition) is 2. The SMILES string of the molecule is O=C(C[C@@H]1SC(=NCCc2ccccc2)NC1=O)Nc1cccc([N+](=O)[O-])c1. The van der Waals surface area contributed by atoms with Crippen LogP contribution in [0.15, 0.2) is 59.6 Å². The van der Waals surface area contributed by atoms with E-state index in [4.69, 9.17) is 0 Å². The normalized spacial score (nSPS) is 17.4. The molecule has 9 heteroatoms. The van der Waals surface area contributed by atoms with Crippen molar-refractivity contribution in [3.63, 3.8) is 0 Å². The second-order valence-corrected chi connectivity index (χ2v) is 7.27. The molecule has 2 amide bonds. The third-order valence-corrected chi connectivity index (χ3v) is 5.11. The van der Waals surface area contributed by atoms with Gasteiger partial charge in [0.05, 0.1) is 4.92 Å². The minimum atomic E-state index is -0.575. The van der Waals surface area contributed by atoms with Crippen LogP contribution in [0.5, 0.6) is 0 Å². The predicted molar refractivity (Wildman–Crippen MR) is 108 cm³/mol. The molecule has 1 aliphatic rings. The van der Waals surface area contributed by atoms with E-state index in [1.807, 2.05) is 30.3 Å². The van der Waals surface area contributed by atoms with Crippen molar-refractivity contribution in [1.29, 1.82) is 0 Å². The lowest BCUT2D eigenvalue weighted by Crippen LogP contribution is -2.28. The first-order valence-electron chi connectivity index (χ1n) is 8.61. The second-order valence-electron chi connectivity index (χ2n) is 6.08. The van der Waals surface area contributed by atoms with E-state index >= 15 is 0 Å². The smallest absolute Gasteiger partial charge is 0.271 e. The van der Waals surface area contributed by atoms with Gasteiger partial charge in [-0.2, -0.15) is 0 Å². The number of carbonyl (C=O) groups is 2. The fourth-order valence-electron chi connectivity index (χ4n) is 2.62. The fourth-order valence-corrected chi connectivity index (χ4v) is 3.62. The molecule has 0 bridgehead atoms. The number of rotatable bonds is 7. The van der Waals surface area contributed by atoms with Crippen LogP contribution in [0.4, 0.5) is 11.4 Å². The number of nitro groups is 1. The monoisotopic (exact) mass is 398 g/mol. The van der Waals surface area contributed by atoms with Crippen molar-refractivity contribution >= 4 is 40.1 Å². The number of non-ortho nitro benzene ring substituents is 1. The minimum absolute atomic E-state index is 0.0447. The predicted octanol–water partition coefficient (Wildman–Crippen LogP) is 2.75. The molecule has 0 saturated carbocycles. The van der Waals surface area contributed by atoms with E-state index in [9.17, 15) is 19.7 Å². The first-order valence-corrected chi connectivity index (χ1v) is 9.49. The molecule has 1 atom stereocenters. The van der Waals surface area contributed by atoms with E-state index in [2.05, 4.69) is 15.6 Å². The number of nitrogens with one attached hydrogen (secondary N) is 2. The van der Waals surface area contributed by atoms with Gasteiger partial charge < -0.3 is 10.6 Å². The summed E-state index contributed by atoms with van der Waals surface area (Å²) in [4.78, 5) is 38.9. The Balaban J connectivity index is 1.51. The Morgan fingerprint density at radius 2 is 2.00 bits per heavy atom. The van der Waals surface area contributed by atoms with E-state index in [0.29, 0.717) is 17.4 Å². The number of aliphatic imine (C=N–C) groups is 1. The molecule has 1 saturated heterocycles. The largest absolute Gasteiger partial charge is 0.326 e. The van der Waals surface area contributed by atoms with Crippen LogP contribution in [0.1, 0.15) is 12.0 Å². The number of nitro benzene ring substituents is 1. The molecule has 28 heavy (non-hydrogen) atoms. The highest BCUT2D eigenvalue weighted by molar-refractivity contribution is 8.15. The highest BCUT2D eigenvalue weighted by Crippen LogP contribution is 2.24. The van der Waals surface area contributed by atoms with E-state index in [0.717, 1.165) is 12.0 Å². The summed E-state index contributed by atoms with van der Waals surface area (Å²) >= 11 is 1.22. The number of hydrogen-bond acceptors (Lipinski definition) is 6. The second kappa shape index (κ2) is 9.14. The van der Waals surface area contributed by atoms with Gasteiger partial charge in [0, 0.05) is 30.8 Å². The minimum Gasteiger partial charge on any atom is -0.326 e. The van der Waals surface area contributed by atoms with Crippen molar-refractivity contribution in [1.82, 2.24) is 5.32 Å². The van der Waals surface area contributed by atoms with Crippen LogP contribution < -0.4 is 10.6 Å². The number of thioether (sulfide) groups is 1. The Labute approximate surface area is 165 Å². The first kappa shape index (κ1) is 19.6. The summed E-state index contributed by atoms with van der Waals surface area (Å²) in [5, 5.41) is 16.0. The van der Waals surface area contributed by atoms with E-state index in [1.54, 1.807) is 6.07 Å². The molecule has 0 aromatic heterocycles. The maximum atomic E-state index is 12.2. The van der Waals surface area contributed by atoms with Crippen LogP contribution in [0.3, 0.4) is 0 Å². The Bertz CT molecular complexity index is 917. The molecule has 0 spiro atoms. The number of anilines is 1. The van der Waals surface area contributed by atoms with Gasteiger partial charge in [0.15, 0.2) is 5.17 Å². The highest BCUT2D eigenvalue weighted by atomic mass is 32.2. The summed E-state index contributed by atoms with van der Waals surface area (Å²) < 4.78 is 0. The van der Waals surface area contributed by atoms with E-state index in [-0.39, 0.29) is 18.0 Å². The number of amidine groups is 1.